The molecule has 13 heteroatoms. The number of thiophene rings is 1. The van der Waals surface area contributed by atoms with E-state index in [1.54, 1.807) is 47.5 Å². The Morgan fingerprint density at radius 2 is 2.00 bits per heavy atom. The number of hydrogen-bond acceptors (Lipinski definition) is 9. The van der Waals surface area contributed by atoms with Crippen molar-refractivity contribution in [2.75, 3.05) is 32.1 Å². The number of sulfonamides is 1. The molecule has 2 aromatic heterocycles. The van der Waals surface area contributed by atoms with Crippen molar-refractivity contribution in [2.45, 2.75) is 30.2 Å². The molecule has 0 saturated heterocycles. The number of aliphatic hydroxyl groups is 1. The van der Waals surface area contributed by atoms with Gasteiger partial charge in [-0.2, -0.15) is 4.31 Å². The molecule has 216 valence electrons. The lowest BCUT2D eigenvalue weighted by atomic mass is 9.99. The van der Waals surface area contributed by atoms with Gasteiger partial charge in [-0.25, -0.2) is 13.4 Å². The molecule has 0 aliphatic carbocycles. The predicted octanol–water partition coefficient (Wildman–Crippen LogP) is 4.15. The molecule has 2 N–H and O–H groups in total. The number of nitrogens with one attached hydrogen (secondary N) is 1. The second-order valence-corrected chi connectivity index (χ2v) is 14.2. The molecule has 0 spiro atoms. The Hall–Kier alpha value is -3.36. The zero-order valence-electron chi connectivity index (χ0n) is 22.7. The minimum atomic E-state index is -3.77. The van der Waals surface area contributed by atoms with Gasteiger partial charge in [0.2, 0.25) is 0 Å². The van der Waals surface area contributed by atoms with Crippen molar-refractivity contribution in [1.29, 1.82) is 0 Å². The molecule has 0 bridgehead atoms. The van der Waals surface area contributed by atoms with Gasteiger partial charge in [0.1, 0.15) is 10.3 Å². The van der Waals surface area contributed by atoms with Gasteiger partial charge in [0.25, 0.3) is 21.8 Å². The topological polar surface area (TPSA) is 129 Å². The first kappa shape index (κ1) is 29.1. The molecule has 5 rings (SSSR count). The minimum absolute atomic E-state index is 0.00345. The standard InChI is InChI=1S/C28H30N4O6S3/c1-17-14-32(18(2)16-33)28(35)19-8-6-10-21(29-26(34)27-30-20-9-4-5-11-23(20)40-27)25(19)38-22(17)15-31(3)41(36,37)24-12-7-13-39-24/h4-13,17-18,22,33H,14-16H2,1-3H3,(H,29,34)/t17-,18-,22-/m0/s1. The highest BCUT2D eigenvalue weighted by Crippen LogP contribution is 2.36. The summed E-state index contributed by atoms with van der Waals surface area (Å²) in [5.74, 6) is -1.00. The van der Waals surface area contributed by atoms with E-state index in [1.807, 2.05) is 31.2 Å². The molecule has 3 atom stereocenters. The van der Waals surface area contributed by atoms with Crippen LogP contribution in [-0.4, -0.2) is 78.4 Å². The molecule has 0 fully saturated rings. The van der Waals surface area contributed by atoms with Gasteiger partial charge >= 0.3 is 0 Å². The largest absolute Gasteiger partial charge is 0.486 e. The van der Waals surface area contributed by atoms with Crippen molar-refractivity contribution in [3.8, 4) is 5.75 Å². The zero-order valence-corrected chi connectivity index (χ0v) is 25.1. The van der Waals surface area contributed by atoms with E-state index in [0.717, 1.165) is 16.0 Å². The third-order valence-corrected chi connectivity index (χ3v) is 11.3. The van der Waals surface area contributed by atoms with E-state index in [4.69, 9.17) is 4.74 Å². The molecule has 0 saturated carbocycles. The average molecular weight is 615 g/mol. The van der Waals surface area contributed by atoms with Crippen molar-refractivity contribution in [1.82, 2.24) is 14.2 Å². The highest BCUT2D eigenvalue weighted by molar-refractivity contribution is 7.91. The van der Waals surface area contributed by atoms with Gasteiger partial charge in [-0.3, -0.25) is 9.59 Å². The predicted molar refractivity (Wildman–Crippen MR) is 159 cm³/mol. The Morgan fingerprint density at radius 1 is 1.22 bits per heavy atom. The van der Waals surface area contributed by atoms with E-state index in [0.29, 0.717) is 5.52 Å². The number of rotatable bonds is 8. The zero-order chi connectivity index (χ0) is 29.3. The molecular formula is C28H30N4O6S3. The third-order valence-electron chi connectivity index (χ3n) is 7.02. The molecule has 0 unspecified atom stereocenters. The molecule has 2 aromatic carbocycles. The quantitative estimate of drug-likeness (QED) is 0.305. The molecule has 2 amide bonds. The number of carbonyl (C=O) groups excluding carboxylic acids is 2. The van der Waals surface area contributed by atoms with Crippen molar-refractivity contribution >= 4 is 60.4 Å². The lowest BCUT2D eigenvalue weighted by Gasteiger charge is -2.38. The lowest BCUT2D eigenvalue weighted by molar-refractivity contribution is 0.0388. The summed E-state index contributed by atoms with van der Waals surface area (Å²) in [6, 6.07) is 15.0. The van der Waals surface area contributed by atoms with Crippen LogP contribution in [0.15, 0.2) is 64.2 Å². The number of thiazole rings is 1. The van der Waals surface area contributed by atoms with Crippen LogP contribution in [0.25, 0.3) is 10.2 Å². The number of nitrogens with zero attached hydrogens (tertiary/aromatic N) is 3. The van der Waals surface area contributed by atoms with Gasteiger partial charge in [-0.15, -0.1) is 22.7 Å². The minimum Gasteiger partial charge on any atom is -0.486 e. The second-order valence-electron chi connectivity index (χ2n) is 9.96. The van der Waals surface area contributed by atoms with E-state index in [1.165, 1.54) is 22.7 Å². The van der Waals surface area contributed by atoms with Crippen LogP contribution in [-0.2, 0) is 10.0 Å². The number of hydrogen-bond donors (Lipinski definition) is 2. The first-order valence-electron chi connectivity index (χ1n) is 13.0. The fraction of sp³-hybridized carbons (Fsp3) is 0.321. The van der Waals surface area contributed by atoms with Crippen LogP contribution >= 0.6 is 22.7 Å². The highest BCUT2D eigenvalue weighted by atomic mass is 32.2. The number of aromatic nitrogens is 1. The highest BCUT2D eigenvalue weighted by Gasteiger charge is 2.36. The maximum Gasteiger partial charge on any atom is 0.284 e. The summed E-state index contributed by atoms with van der Waals surface area (Å²) in [6.45, 7) is 3.60. The van der Waals surface area contributed by atoms with Gasteiger partial charge in [0.05, 0.1) is 40.7 Å². The van der Waals surface area contributed by atoms with Gasteiger partial charge in [-0.05, 0) is 42.6 Å². The van der Waals surface area contributed by atoms with Gasteiger partial charge < -0.3 is 20.1 Å². The monoisotopic (exact) mass is 614 g/mol. The molecule has 0 radical (unpaired) electrons. The number of carbonyl (C=O) groups is 2. The second kappa shape index (κ2) is 11.9. The molecule has 41 heavy (non-hydrogen) atoms. The van der Waals surface area contributed by atoms with Crippen LogP contribution in [0.4, 0.5) is 5.69 Å². The average Bonchev–Trinajstić information content (AvgIpc) is 3.66. The molecule has 4 aromatic rings. The summed E-state index contributed by atoms with van der Waals surface area (Å²) < 4.78 is 35.2. The summed E-state index contributed by atoms with van der Waals surface area (Å²) in [6.07, 6.45) is -0.685. The number of anilines is 1. The van der Waals surface area contributed by atoms with E-state index >= 15 is 0 Å². The van der Waals surface area contributed by atoms with Crippen LogP contribution in [0.2, 0.25) is 0 Å². The van der Waals surface area contributed by atoms with Crippen molar-refractivity contribution < 1.29 is 27.9 Å². The number of ether oxygens (including phenoxy) is 1. The van der Waals surface area contributed by atoms with Gasteiger partial charge in [0.15, 0.2) is 10.8 Å². The number of fused-ring (bicyclic) bond motifs is 2. The van der Waals surface area contributed by atoms with Gasteiger partial charge in [0, 0.05) is 19.5 Å². The summed E-state index contributed by atoms with van der Waals surface area (Å²) in [4.78, 5) is 33.0. The lowest BCUT2D eigenvalue weighted by Crippen LogP contribution is -2.50. The molecule has 3 heterocycles. The van der Waals surface area contributed by atoms with E-state index in [9.17, 15) is 23.1 Å². The third kappa shape index (κ3) is 5.86. The van der Waals surface area contributed by atoms with Crippen LogP contribution in [0.1, 0.15) is 34.0 Å². The van der Waals surface area contributed by atoms with E-state index in [-0.39, 0.29) is 57.7 Å². The Balaban J connectivity index is 1.51. The molecule has 1 aliphatic heterocycles. The number of para-hydroxylation sites is 2. The smallest absolute Gasteiger partial charge is 0.284 e. The fourth-order valence-electron chi connectivity index (χ4n) is 4.62. The first-order chi connectivity index (χ1) is 19.6. The van der Waals surface area contributed by atoms with Gasteiger partial charge in [-0.1, -0.05) is 31.2 Å². The van der Waals surface area contributed by atoms with E-state index in [2.05, 4.69) is 10.3 Å². The van der Waals surface area contributed by atoms with Crippen LogP contribution in [0.3, 0.4) is 0 Å². The molecular weight excluding hydrogens is 585 g/mol. The van der Waals surface area contributed by atoms with Crippen LogP contribution < -0.4 is 10.1 Å². The normalized spacial score (nSPS) is 18.5. The van der Waals surface area contributed by atoms with Crippen molar-refractivity contribution in [3.63, 3.8) is 0 Å². The number of amides is 2. The first-order valence-corrected chi connectivity index (χ1v) is 16.1. The van der Waals surface area contributed by atoms with Crippen molar-refractivity contribution in [2.24, 2.45) is 5.92 Å². The Labute approximate surface area is 246 Å². The Morgan fingerprint density at radius 3 is 2.71 bits per heavy atom. The Bertz CT molecular complexity index is 1640. The summed E-state index contributed by atoms with van der Waals surface area (Å²) >= 11 is 2.38. The summed E-state index contributed by atoms with van der Waals surface area (Å²) in [5, 5.41) is 14.7. The molecule has 1 aliphatic rings. The molecule has 10 nitrogen and oxygen atoms in total. The van der Waals surface area contributed by atoms with Crippen LogP contribution in [0.5, 0.6) is 5.75 Å². The SMILES string of the molecule is C[C@H]1CN([C@@H](C)CO)C(=O)c2cccc(NC(=O)c3nc4ccccc4s3)c2O[C@H]1CN(C)S(=O)(=O)c1cccs1. The number of aliphatic hydroxyl groups excluding tert-OH is 1. The number of benzene rings is 2. The summed E-state index contributed by atoms with van der Waals surface area (Å²) in [7, 11) is -2.27. The summed E-state index contributed by atoms with van der Waals surface area (Å²) in [5.41, 5.74) is 1.17. The van der Waals surface area contributed by atoms with E-state index < -0.39 is 28.1 Å². The Kier molecular flexibility index (Phi) is 8.43. The maximum absolute atomic E-state index is 13.7. The maximum atomic E-state index is 13.7. The number of likely N-dealkylation sites (N-methyl/N-ethyl adjacent to an activating group) is 1. The van der Waals surface area contributed by atoms with Crippen LogP contribution in [0, 0.1) is 5.92 Å². The van der Waals surface area contributed by atoms with Crippen molar-refractivity contribution in [3.05, 3.63) is 70.5 Å². The fourth-order valence-corrected chi connectivity index (χ4v) is 7.87.